The summed E-state index contributed by atoms with van der Waals surface area (Å²) in [6, 6.07) is 5.92. The van der Waals surface area contributed by atoms with Gasteiger partial charge in [0, 0.05) is 23.7 Å². The van der Waals surface area contributed by atoms with Gasteiger partial charge in [0.2, 0.25) is 0 Å². The van der Waals surface area contributed by atoms with Gasteiger partial charge in [0.15, 0.2) is 0 Å². The van der Waals surface area contributed by atoms with Crippen LogP contribution in [0.5, 0.6) is 0 Å². The highest BCUT2D eigenvalue weighted by atomic mass is 16.1. The van der Waals surface area contributed by atoms with E-state index in [9.17, 15) is 4.79 Å². The molecule has 0 radical (unpaired) electrons. The minimum Gasteiger partial charge on any atom is -0.299 e. The third kappa shape index (κ3) is 3.29. The maximum atomic E-state index is 11.4. The molecule has 0 aliphatic rings. The summed E-state index contributed by atoms with van der Waals surface area (Å²) in [4.78, 5) is 15.7. The number of hydrogen-bond donors (Lipinski definition) is 0. The van der Waals surface area contributed by atoms with Crippen molar-refractivity contribution in [1.29, 1.82) is 0 Å². The first-order valence-corrected chi connectivity index (χ1v) is 5.05. The van der Waals surface area contributed by atoms with Crippen LogP contribution < -0.4 is 0 Å². The lowest BCUT2D eigenvalue weighted by atomic mass is 10.0. The van der Waals surface area contributed by atoms with Crippen molar-refractivity contribution in [3.05, 3.63) is 29.6 Å². The van der Waals surface area contributed by atoms with Crippen LogP contribution in [0.2, 0.25) is 0 Å². The molecule has 1 aromatic heterocycles. The van der Waals surface area contributed by atoms with E-state index in [1.54, 1.807) is 0 Å². The van der Waals surface area contributed by atoms with Gasteiger partial charge in [-0.1, -0.05) is 19.9 Å². The van der Waals surface area contributed by atoms with Crippen LogP contribution in [0.1, 0.15) is 31.7 Å². The van der Waals surface area contributed by atoms with Crippen LogP contribution in [0, 0.1) is 12.8 Å². The van der Waals surface area contributed by atoms with Crippen LogP contribution in [0.4, 0.5) is 0 Å². The van der Waals surface area contributed by atoms with E-state index in [0.717, 1.165) is 17.8 Å². The zero-order chi connectivity index (χ0) is 10.6. The minimum absolute atomic E-state index is 0.139. The molecule has 0 amide bonds. The van der Waals surface area contributed by atoms with Crippen molar-refractivity contribution >= 4 is 5.78 Å². The Hall–Kier alpha value is -1.18. The van der Waals surface area contributed by atoms with E-state index in [1.165, 1.54) is 0 Å². The molecule has 2 nitrogen and oxygen atoms in total. The highest BCUT2D eigenvalue weighted by Gasteiger charge is 2.07. The molecule has 0 bridgehead atoms. The Morgan fingerprint density at radius 1 is 1.43 bits per heavy atom. The SMILES string of the molecule is Cc1cccc(CCC(=O)C(C)C)n1. The summed E-state index contributed by atoms with van der Waals surface area (Å²) in [5.74, 6) is 0.452. The summed E-state index contributed by atoms with van der Waals surface area (Å²) in [5, 5.41) is 0. The largest absolute Gasteiger partial charge is 0.299 e. The normalized spacial score (nSPS) is 10.6. The second-order valence-corrected chi connectivity index (χ2v) is 3.89. The van der Waals surface area contributed by atoms with Gasteiger partial charge < -0.3 is 0 Å². The quantitative estimate of drug-likeness (QED) is 0.732. The van der Waals surface area contributed by atoms with Gasteiger partial charge in [0.05, 0.1) is 0 Å². The van der Waals surface area contributed by atoms with Crippen molar-refractivity contribution in [2.24, 2.45) is 5.92 Å². The smallest absolute Gasteiger partial charge is 0.135 e. The molecular formula is C12H17NO. The number of rotatable bonds is 4. The van der Waals surface area contributed by atoms with E-state index in [2.05, 4.69) is 4.98 Å². The Bertz CT molecular complexity index is 318. The Morgan fingerprint density at radius 2 is 2.14 bits per heavy atom. The van der Waals surface area contributed by atoms with E-state index in [1.807, 2.05) is 39.0 Å². The lowest BCUT2D eigenvalue weighted by molar-refractivity contribution is -0.121. The molecule has 1 aromatic rings. The number of Topliss-reactive ketones (excluding diaryl/α,β-unsaturated/α-hetero) is 1. The van der Waals surface area contributed by atoms with Gasteiger partial charge in [-0.25, -0.2) is 0 Å². The maximum Gasteiger partial charge on any atom is 0.135 e. The van der Waals surface area contributed by atoms with Crippen molar-refractivity contribution in [1.82, 2.24) is 4.98 Å². The van der Waals surface area contributed by atoms with Crippen LogP contribution in [0.15, 0.2) is 18.2 Å². The summed E-state index contributed by atoms with van der Waals surface area (Å²) in [5.41, 5.74) is 2.03. The Morgan fingerprint density at radius 3 is 2.71 bits per heavy atom. The van der Waals surface area contributed by atoms with Crippen LogP contribution in [0.25, 0.3) is 0 Å². The van der Waals surface area contributed by atoms with E-state index in [-0.39, 0.29) is 5.92 Å². The highest BCUT2D eigenvalue weighted by molar-refractivity contribution is 5.80. The molecule has 0 spiro atoms. The molecule has 76 valence electrons. The van der Waals surface area contributed by atoms with Crippen molar-refractivity contribution in [2.75, 3.05) is 0 Å². The van der Waals surface area contributed by atoms with Crippen LogP contribution in [-0.4, -0.2) is 10.8 Å². The standard InChI is InChI=1S/C12H17NO/c1-9(2)12(14)8-7-11-6-4-5-10(3)13-11/h4-6,9H,7-8H2,1-3H3. The maximum absolute atomic E-state index is 11.4. The monoisotopic (exact) mass is 191 g/mol. The van der Waals surface area contributed by atoms with Gasteiger partial charge in [0.1, 0.15) is 5.78 Å². The Labute approximate surface area is 85.4 Å². The van der Waals surface area contributed by atoms with Crippen molar-refractivity contribution in [3.8, 4) is 0 Å². The lowest BCUT2D eigenvalue weighted by Gasteiger charge is -2.03. The fourth-order valence-corrected chi connectivity index (χ4v) is 1.28. The van der Waals surface area contributed by atoms with Gasteiger partial charge in [-0.2, -0.15) is 0 Å². The predicted molar refractivity (Wildman–Crippen MR) is 57.1 cm³/mol. The van der Waals surface area contributed by atoms with Crippen LogP contribution >= 0.6 is 0 Å². The number of carbonyl (C=O) groups is 1. The first-order valence-electron chi connectivity index (χ1n) is 5.05. The van der Waals surface area contributed by atoms with Crippen LogP contribution in [-0.2, 0) is 11.2 Å². The Balaban J connectivity index is 2.50. The number of aryl methyl sites for hydroxylation is 2. The minimum atomic E-state index is 0.139. The molecule has 0 aromatic carbocycles. The fraction of sp³-hybridized carbons (Fsp3) is 0.500. The third-order valence-corrected chi connectivity index (χ3v) is 2.22. The number of hydrogen-bond acceptors (Lipinski definition) is 2. The van der Waals surface area contributed by atoms with Crippen molar-refractivity contribution < 1.29 is 4.79 Å². The molecule has 0 aliphatic carbocycles. The molecule has 0 fully saturated rings. The number of pyridine rings is 1. The highest BCUT2D eigenvalue weighted by Crippen LogP contribution is 2.05. The predicted octanol–water partition coefficient (Wildman–Crippen LogP) is 2.55. The number of carbonyl (C=O) groups excluding carboxylic acids is 1. The molecule has 0 unspecified atom stereocenters. The third-order valence-electron chi connectivity index (χ3n) is 2.22. The number of ketones is 1. The average Bonchev–Trinajstić information content (AvgIpc) is 2.14. The lowest BCUT2D eigenvalue weighted by Crippen LogP contribution is -2.08. The van der Waals surface area contributed by atoms with Gasteiger partial charge in [0.25, 0.3) is 0 Å². The summed E-state index contributed by atoms with van der Waals surface area (Å²) in [6.07, 6.45) is 1.37. The molecule has 0 atom stereocenters. The van der Waals surface area contributed by atoms with E-state index in [0.29, 0.717) is 12.2 Å². The van der Waals surface area contributed by atoms with Gasteiger partial charge in [-0.3, -0.25) is 9.78 Å². The molecule has 0 N–H and O–H groups in total. The van der Waals surface area contributed by atoms with Gasteiger partial charge in [-0.05, 0) is 25.5 Å². The molecule has 0 aliphatic heterocycles. The average molecular weight is 191 g/mol. The molecule has 1 rings (SSSR count). The second-order valence-electron chi connectivity index (χ2n) is 3.89. The fourth-order valence-electron chi connectivity index (χ4n) is 1.28. The second kappa shape index (κ2) is 4.89. The van der Waals surface area contributed by atoms with E-state index < -0.39 is 0 Å². The topological polar surface area (TPSA) is 30.0 Å². The molecule has 2 heteroatoms. The summed E-state index contributed by atoms with van der Waals surface area (Å²) in [7, 11) is 0. The summed E-state index contributed by atoms with van der Waals surface area (Å²) in [6.45, 7) is 5.84. The number of aromatic nitrogens is 1. The summed E-state index contributed by atoms with van der Waals surface area (Å²) >= 11 is 0. The first kappa shape index (κ1) is 10.9. The summed E-state index contributed by atoms with van der Waals surface area (Å²) < 4.78 is 0. The van der Waals surface area contributed by atoms with Crippen molar-refractivity contribution in [2.45, 2.75) is 33.6 Å². The molecule has 1 heterocycles. The van der Waals surface area contributed by atoms with Gasteiger partial charge >= 0.3 is 0 Å². The van der Waals surface area contributed by atoms with Gasteiger partial charge in [-0.15, -0.1) is 0 Å². The Kier molecular flexibility index (Phi) is 3.81. The molecule has 0 saturated heterocycles. The zero-order valence-electron chi connectivity index (χ0n) is 9.08. The van der Waals surface area contributed by atoms with E-state index >= 15 is 0 Å². The number of nitrogens with zero attached hydrogens (tertiary/aromatic N) is 1. The van der Waals surface area contributed by atoms with E-state index in [4.69, 9.17) is 0 Å². The van der Waals surface area contributed by atoms with Crippen molar-refractivity contribution in [3.63, 3.8) is 0 Å². The van der Waals surface area contributed by atoms with Crippen LogP contribution in [0.3, 0.4) is 0 Å². The zero-order valence-corrected chi connectivity index (χ0v) is 9.08. The molecule has 14 heavy (non-hydrogen) atoms. The molecule has 0 saturated carbocycles. The molecular weight excluding hydrogens is 174 g/mol. The first-order chi connectivity index (χ1) is 6.59.